The van der Waals surface area contributed by atoms with Crippen LogP contribution >= 0.6 is 15.9 Å². The van der Waals surface area contributed by atoms with Crippen LogP contribution in [0.1, 0.15) is 18.4 Å². The highest BCUT2D eigenvalue weighted by molar-refractivity contribution is 9.10. The van der Waals surface area contributed by atoms with Crippen molar-refractivity contribution in [2.24, 2.45) is 5.10 Å². The zero-order valence-corrected chi connectivity index (χ0v) is 13.9. The SMILES string of the molecule is O=C(CCC(=O)Nc1ccccc1Br)N/N=C\c1ccccc1. The predicted molar refractivity (Wildman–Crippen MR) is 94.2 cm³/mol. The van der Waals surface area contributed by atoms with Crippen LogP contribution in [0.5, 0.6) is 0 Å². The molecule has 0 bridgehead atoms. The van der Waals surface area contributed by atoms with Crippen molar-refractivity contribution in [2.75, 3.05) is 5.32 Å². The number of anilines is 1. The van der Waals surface area contributed by atoms with Gasteiger partial charge in [-0.1, -0.05) is 42.5 Å². The molecule has 0 atom stereocenters. The molecule has 0 fully saturated rings. The minimum Gasteiger partial charge on any atom is -0.325 e. The summed E-state index contributed by atoms with van der Waals surface area (Å²) in [5.74, 6) is -0.529. The molecule has 2 rings (SSSR count). The second-order valence-corrected chi connectivity index (χ2v) is 5.59. The molecule has 0 aliphatic carbocycles. The fourth-order valence-electron chi connectivity index (χ4n) is 1.78. The number of hydrogen-bond acceptors (Lipinski definition) is 3. The number of benzene rings is 2. The zero-order valence-electron chi connectivity index (χ0n) is 12.3. The average molecular weight is 374 g/mol. The predicted octanol–water partition coefficient (Wildman–Crippen LogP) is 3.32. The molecule has 0 saturated heterocycles. The Labute approximate surface area is 142 Å². The molecule has 0 aliphatic rings. The number of nitrogens with zero attached hydrogens (tertiary/aromatic N) is 1. The molecule has 0 saturated carbocycles. The van der Waals surface area contributed by atoms with E-state index in [-0.39, 0.29) is 24.7 Å². The molecule has 2 amide bonds. The third-order valence-electron chi connectivity index (χ3n) is 2.93. The summed E-state index contributed by atoms with van der Waals surface area (Å²) in [6.45, 7) is 0. The van der Waals surface area contributed by atoms with E-state index in [2.05, 4.69) is 31.8 Å². The standard InChI is InChI=1S/C17H16BrN3O2/c18-14-8-4-5-9-15(14)20-16(22)10-11-17(23)21-19-12-13-6-2-1-3-7-13/h1-9,12H,10-11H2,(H,20,22)(H,21,23)/b19-12-. The summed E-state index contributed by atoms with van der Waals surface area (Å²) in [5, 5.41) is 6.60. The van der Waals surface area contributed by atoms with Gasteiger partial charge in [0, 0.05) is 17.3 Å². The van der Waals surface area contributed by atoms with Crippen LogP contribution in [0.4, 0.5) is 5.69 Å². The molecule has 0 heterocycles. The fraction of sp³-hybridized carbons (Fsp3) is 0.118. The normalized spacial score (nSPS) is 10.5. The maximum Gasteiger partial charge on any atom is 0.240 e. The molecular weight excluding hydrogens is 358 g/mol. The highest BCUT2D eigenvalue weighted by Crippen LogP contribution is 2.21. The van der Waals surface area contributed by atoms with E-state index in [0.717, 1.165) is 10.0 Å². The van der Waals surface area contributed by atoms with Gasteiger partial charge in [-0.15, -0.1) is 0 Å². The lowest BCUT2D eigenvalue weighted by atomic mass is 10.2. The van der Waals surface area contributed by atoms with Gasteiger partial charge in [-0.25, -0.2) is 5.43 Å². The van der Waals surface area contributed by atoms with Crippen LogP contribution in [0, 0.1) is 0 Å². The molecule has 0 spiro atoms. The van der Waals surface area contributed by atoms with Crippen molar-refractivity contribution in [1.29, 1.82) is 0 Å². The van der Waals surface area contributed by atoms with E-state index >= 15 is 0 Å². The highest BCUT2D eigenvalue weighted by atomic mass is 79.9. The van der Waals surface area contributed by atoms with E-state index in [1.807, 2.05) is 48.5 Å². The molecule has 0 aliphatic heterocycles. The van der Waals surface area contributed by atoms with Crippen molar-refractivity contribution in [3.8, 4) is 0 Å². The van der Waals surface area contributed by atoms with Crippen LogP contribution in [-0.4, -0.2) is 18.0 Å². The Kier molecular flexibility index (Phi) is 6.50. The Morgan fingerprint density at radius 2 is 1.61 bits per heavy atom. The lowest BCUT2D eigenvalue weighted by Crippen LogP contribution is -2.20. The number of carbonyl (C=O) groups excluding carboxylic acids is 2. The highest BCUT2D eigenvalue weighted by Gasteiger charge is 2.08. The first-order valence-electron chi connectivity index (χ1n) is 7.06. The first-order valence-corrected chi connectivity index (χ1v) is 7.86. The van der Waals surface area contributed by atoms with Gasteiger partial charge in [0.1, 0.15) is 0 Å². The van der Waals surface area contributed by atoms with Gasteiger partial charge in [-0.2, -0.15) is 5.10 Å². The molecule has 118 valence electrons. The number of nitrogens with one attached hydrogen (secondary N) is 2. The lowest BCUT2D eigenvalue weighted by molar-refractivity contribution is -0.124. The number of hydrazone groups is 1. The average Bonchev–Trinajstić information content (AvgIpc) is 2.56. The van der Waals surface area contributed by atoms with E-state index in [4.69, 9.17) is 0 Å². The molecular formula is C17H16BrN3O2. The molecule has 23 heavy (non-hydrogen) atoms. The van der Waals surface area contributed by atoms with Crippen LogP contribution in [0.25, 0.3) is 0 Å². The topological polar surface area (TPSA) is 70.6 Å². The van der Waals surface area contributed by atoms with Gasteiger partial charge in [0.15, 0.2) is 0 Å². The smallest absolute Gasteiger partial charge is 0.240 e. The molecule has 0 radical (unpaired) electrons. The number of hydrogen-bond donors (Lipinski definition) is 2. The number of carbonyl (C=O) groups is 2. The van der Waals surface area contributed by atoms with Crippen molar-refractivity contribution in [3.05, 3.63) is 64.6 Å². The van der Waals surface area contributed by atoms with Crippen molar-refractivity contribution < 1.29 is 9.59 Å². The van der Waals surface area contributed by atoms with Crippen molar-refractivity contribution in [3.63, 3.8) is 0 Å². The second-order valence-electron chi connectivity index (χ2n) is 4.73. The number of halogens is 1. The Balaban J connectivity index is 1.73. The van der Waals surface area contributed by atoms with Gasteiger partial charge in [0.05, 0.1) is 11.9 Å². The Morgan fingerprint density at radius 3 is 2.35 bits per heavy atom. The summed E-state index contributed by atoms with van der Waals surface area (Å²) in [4.78, 5) is 23.5. The number of para-hydroxylation sites is 1. The minimum absolute atomic E-state index is 0.0718. The summed E-state index contributed by atoms with van der Waals surface area (Å²) in [7, 11) is 0. The summed E-state index contributed by atoms with van der Waals surface area (Å²) in [6.07, 6.45) is 1.72. The van der Waals surface area contributed by atoms with Gasteiger partial charge in [0.2, 0.25) is 11.8 Å². The van der Waals surface area contributed by atoms with Crippen LogP contribution in [0.15, 0.2) is 64.2 Å². The van der Waals surface area contributed by atoms with Crippen molar-refractivity contribution >= 4 is 39.6 Å². The summed E-state index contributed by atoms with van der Waals surface area (Å²) in [6, 6.07) is 16.7. The third-order valence-corrected chi connectivity index (χ3v) is 3.62. The monoisotopic (exact) mass is 373 g/mol. The largest absolute Gasteiger partial charge is 0.325 e. The lowest BCUT2D eigenvalue weighted by Gasteiger charge is -2.06. The molecule has 2 aromatic carbocycles. The maximum atomic E-state index is 11.8. The minimum atomic E-state index is -0.306. The molecule has 0 unspecified atom stereocenters. The fourth-order valence-corrected chi connectivity index (χ4v) is 2.16. The van der Waals surface area contributed by atoms with E-state index < -0.39 is 0 Å². The maximum absolute atomic E-state index is 11.8. The molecule has 6 heteroatoms. The number of amides is 2. The van der Waals surface area contributed by atoms with Gasteiger partial charge < -0.3 is 5.32 Å². The van der Waals surface area contributed by atoms with Crippen LogP contribution < -0.4 is 10.7 Å². The van der Waals surface area contributed by atoms with E-state index in [0.29, 0.717) is 5.69 Å². The zero-order chi connectivity index (χ0) is 16.5. The van der Waals surface area contributed by atoms with Crippen LogP contribution in [0.2, 0.25) is 0 Å². The van der Waals surface area contributed by atoms with Crippen LogP contribution in [-0.2, 0) is 9.59 Å². The van der Waals surface area contributed by atoms with Crippen molar-refractivity contribution in [1.82, 2.24) is 5.43 Å². The second kappa shape index (κ2) is 8.85. The van der Waals surface area contributed by atoms with E-state index in [9.17, 15) is 9.59 Å². The molecule has 0 aromatic heterocycles. The first-order chi connectivity index (χ1) is 11.1. The first kappa shape index (κ1) is 16.9. The molecule has 2 N–H and O–H groups in total. The number of rotatable bonds is 6. The van der Waals surface area contributed by atoms with Gasteiger partial charge in [-0.3, -0.25) is 9.59 Å². The van der Waals surface area contributed by atoms with Gasteiger partial charge >= 0.3 is 0 Å². The van der Waals surface area contributed by atoms with Crippen LogP contribution in [0.3, 0.4) is 0 Å². The summed E-state index contributed by atoms with van der Waals surface area (Å²) < 4.78 is 0.797. The van der Waals surface area contributed by atoms with Crippen molar-refractivity contribution in [2.45, 2.75) is 12.8 Å². The van der Waals surface area contributed by atoms with Gasteiger partial charge in [-0.05, 0) is 33.6 Å². The third kappa shape index (κ3) is 6.04. The summed E-state index contributed by atoms with van der Waals surface area (Å²) in [5.41, 5.74) is 3.97. The van der Waals surface area contributed by atoms with Gasteiger partial charge in [0.25, 0.3) is 0 Å². The molecule has 2 aromatic rings. The summed E-state index contributed by atoms with van der Waals surface area (Å²) >= 11 is 3.35. The Hall–Kier alpha value is -2.47. The Bertz CT molecular complexity index is 702. The van der Waals surface area contributed by atoms with E-state index in [1.165, 1.54) is 0 Å². The quantitative estimate of drug-likeness (QED) is 0.602. The Morgan fingerprint density at radius 1 is 0.957 bits per heavy atom. The molecule has 5 nitrogen and oxygen atoms in total. The van der Waals surface area contributed by atoms with E-state index in [1.54, 1.807) is 12.3 Å².